The Balaban J connectivity index is 1.46. The van der Waals surface area contributed by atoms with E-state index in [2.05, 4.69) is 4.98 Å². The number of anilines is 4. The molecule has 1 amide bonds. The van der Waals surface area contributed by atoms with E-state index in [4.69, 9.17) is 26.9 Å². The zero-order valence-corrected chi connectivity index (χ0v) is 18.3. The molecule has 2 aromatic rings. The summed E-state index contributed by atoms with van der Waals surface area (Å²) in [7, 11) is 0. The number of carbonyl (C=O) groups excluding carboxylic acids is 1. The van der Waals surface area contributed by atoms with E-state index in [-0.39, 0.29) is 44.2 Å². The minimum atomic E-state index is -0.795. The van der Waals surface area contributed by atoms with Crippen LogP contribution in [0.3, 0.4) is 0 Å². The minimum absolute atomic E-state index is 0.0583. The summed E-state index contributed by atoms with van der Waals surface area (Å²) in [4.78, 5) is 24.9. The van der Waals surface area contributed by atoms with Crippen molar-refractivity contribution >= 4 is 29.0 Å². The van der Waals surface area contributed by atoms with E-state index in [0.29, 0.717) is 18.1 Å². The van der Waals surface area contributed by atoms with E-state index in [1.165, 1.54) is 28.5 Å². The molecule has 2 aliphatic heterocycles. The van der Waals surface area contributed by atoms with Crippen molar-refractivity contribution in [3.8, 4) is 0 Å². The van der Waals surface area contributed by atoms with E-state index in [0.717, 1.165) is 12.1 Å². The highest BCUT2D eigenvalue weighted by Crippen LogP contribution is 2.31. The molecule has 3 heterocycles. The molecule has 6 N–H and O–H groups in total. The second kappa shape index (κ2) is 9.97. The van der Waals surface area contributed by atoms with Crippen LogP contribution < -0.4 is 32.2 Å². The number of aromatic nitrogens is 1. The van der Waals surface area contributed by atoms with Crippen LogP contribution >= 0.6 is 0 Å². The Morgan fingerprint density at radius 1 is 1.21 bits per heavy atom. The topological polar surface area (TPSA) is 139 Å². The molecule has 0 unspecified atom stereocenters. The maximum absolute atomic E-state index is 15.1. The van der Waals surface area contributed by atoms with Crippen molar-refractivity contribution in [2.24, 2.45) is 11.6 Å². The van der Waals surface area contributed by atoms with Crippen LogP contribution in [0.4, 0.5) is 36.5 Å². The van der Waals surface area contributed by atoms with Gasteiger partial charge in [-0.05, 0) is 12.1 Å². The second-order valence-corrected chi connectivity index (χ2v) is 7.78. The fourth-order valence-electron chi connectivity index (χ4n) is 3.84. The lowest BCUT2D eigenvalue weighted by molar-refractivity contribution is 0.122. The summed E-state index contributed by atoms with van der Waals surface area (Å²) in [6.07, 6.45) is 2.87. The molecule has 2 fully saturated rings. The Morgan fingerprint density at radius 3 is 2.65 bits per heavy atom. The van der Waals surface area contributed by atoms with Crippen LogP contribution in [-0.4, -0.2) is 61.5 Å². The molecule has 0 aliphatic carbocycles. The van der Waals surface area contributed by atoms with Crippen LogP contribution in [0.2, 0.25) is 0 Å². The number of ether oxygens (including phenoxy) is 1. The van der Waals surface area contributed by atoms with Crippen molar-refractivity contribution in [1.29, 1.82) is 0 Å². The first-order valence-corrected chi connectivity index (χ1v) is 10.6. The number of carbonyl (C=O) groups is 1. The van der Waals surface area contributed by atoms with Crippen molar-refractivity contribution in [1.82, 2.24) is 9.99 Å². The zero-order valence-electron chi connectivity index (χ0n) is 18.3. The van der Waals surface area contributed by atoms with Gasteiger partial charge in [0.05, 0.1) is 43.8 Å². The highest BCUT2D eigenvalue weighted by molar-refractivity contribution is 5.90. The van der Waals surface area contributed by atoms with Crippen molar-refractivity contribution in [2.75, 3.05) is 59.9 Å². The average Bonchev–Trinajstić information content (AvgIpc) is 2.99. The normalized spacial score (nSPS) is 19.0. The molecule has 34 heavy (non-hydrogen) atoms. The summed E-state index contributed by atoms with van der Waals surface area (Å²) < 4.78 is 35.4. The largest absolute Gasteiger partial charge is 0.442 e. The Bertz CT molecular complexity index is 1030. The number of benzene rings is 1. The summed E-state index contributed by atoms with van der Waals surface area (Å²) in [5, 5.41) is 2.82. The van der Waals surface area contributed by atoms with Crippen LogP contribution in [0.1, 0.15) is 0 Å². The third kappa shape index (κ3) is 5.05. The van der Waals surface area contributed by atoms with Crippen LogP contribution in [0.5, 0.6) is 0 Å². The monoisotopic (exact) mass is 476 g/mol. The smallest absolute Gasteiger partial charge is 0.414 e. The first kappa shape index (κ1) is 23.3. The van der Waals surface area contributed by atoms with Gasteiger partial charge in [-0.25, -0.2) is 29.5 Å². The van der Waals surface area contributed by atoms with Crippen molar-refractivity contribution < 1.29 is 23.1 Å². The van der Waals surface area contributed by atoms with Gasteiger partial charge in [0, 0.05) is 37.6 Å². The van der Waals surface area contributed by atoms with E-state index < -0.39 is 23.8 Å². The molecular weight excluding hydrogens is 450 g/mol. The van der Waals surface area contributed by atoms with Crippen LogP contribution in [-0.2, 0) is 9.57 Å². The SMILES string of the molecule is N/C=C\N(N)C[C@H]1CN(c2cc(F)c(N3CCON(c4ccc(N)cn4)CC3)c(F)c2)C(=O)O1. The maximum atomic E-state index is 15.1. The zero-order chi connectivity index (χ0) is 24.2. The molecular formula is C21H26F2N8O3. The standard InChI is InChI=1S/C21H26F2N8O3/c22-17-9-15(30-13-16(34-21(30)32)12-29(26)4-3-24)10-18(23)20(17)28-5-6-31(33-8-7-28)19-2-1-14(25)11-27-19/h1-4,9-11,16H,5-8,12-13,24-26H2/b4-3-/t16-/m0/s1. The Kier molecular flexibility index (Phi) is 6.84. The van der Waals surface area contributed by atoms with Gasteiger partial charge in [0.2, 0.25) is 0 Å². The average molecular weight is 476 g/mol. The molecule has 1 aromatic carbocycles. The maximum Gasteiger partial charge on any atom is 0.414 e. The predicted molar refractivity (Wildman–Crippen MR) is 122 cm³/mol. The number of nitrogens with two attached hydrogens (primary N) is 3. The van der Waals surface area contributed by atoms with Crippen LogP contribution in [0.25, 0.3) is 0 Å². The summed E-state index contributed by atoms with van der Waals surface area (Å²) >= 11 is 0. The van der Waals surface area contributed by atoms with Crippen molar-refractivity contribution in [2.45, 2.75) is 6.10 Å². The van der Waals surface area contributed by atoms with E-state index >= 15 is 8.78 Å². The molecule has 1 atom stereocenters. The molecule has 0 saturated carbocycles. The molecule has 11 nitrogen and oxygen atoms in total. The fourth-order valence-corrected chi connectivity index (χ4v) is 3.84. The van der Waals surface area contributed by atoms with Crippen molar-refractivity contribution in [3.05, 3.63) is 54.5 Å². The molecule has 0 spiro atoms. The van der Waals surface area contributed by atoms with Crippen LogP contribution in [0, 0.1) is 11.6 Å². The quantitative estimate of drug-likeness (QED) is 0.411. The third-order valence-corrected chi connectivity index (χ3v) is 5.40. The molecule has 2 aliphatic rings. The number of rotatable bonds is 6. The number of hydrazine groups is 1. The van der Waals surface area contributed by atoms with Gasteiger partial charge in [-0.2, -0.15) is 0 Å². The lowest BCUT2D eigenvalue weighted by Gasteiger charge is -2.24. The van der Waals surface area contributed by atoms with Gasteiger partial charge < -0.3 is 26.1 Å². The molecule has 182 valence electrons. The number of nitrogen functional groups attached to an aromatic ring is 1. The molecule has 4 rings (SSSR count). The molecule has 13 heteroatoms. The number of cyclic esters (lactones) is 1. The number of hydrogen-bond acceptors (Lipinski definition) is 10. The lowest BCUT2D eigenvalue weighted by atomic mass is 10.2. The number of nitrogens with zero attached hydrogens (tertiary/aromatic N) is 5. The Hall–Kier alpha value is -3.84. The fraction of sp³-hybridized carbons (Fsp3) is 0.333. The number of amides is 1. The minimum Gasteiger partial charge on any atom is -0.442 e. The lowest BCUT2D eigenvalue weighted by Crippen LogP contribution is -2.36. The first-order valence-electron chi connectivity index (χ1n) is 10.6. The van der Waals surface area contributed by atoms with Gasteiger partial charge in [-0.15, -0.1) is 0 Å². The first-order chi connectivity index (χ1) is 16.4. The third-order valence-electron chi connectivity index (χ3n) is 5.40. The Labute approximate surface area is 194 Å². The second-order valence-electron chi connectivity index (χ2n) is 7.78. The van der Waals surface area contributed by atoms with E-state index in [1.54, 1.807) is 22.1 Å². The highest BCUT2D eigenvalue weighted by Gasteiger charge is 2.34. The number of hydroxylamine groups is 1. The predicted octanol–water partition coefficient (Wildman–Crippen LogP) is 1.13. The highest BCUT2D eigenvalue weighted by atomic mass is 19.1. The molecule has 0 radical (unpaired) electrons. The van der Waals surface area contributed by atoms with Gasteiger partial charge in [0.25, 0.3) is 0 Å². The summed E-state index contributed by atoms with van der Waals surface area (Å²) in [6, 6.07) is 5.64. The summed E-state index contributed by atoms with van der Waals surface area (Å²) in [5.74, 6) is 4.68. The van der Waals surface area contributed by atoms with E-state index in [9.17, 15) is 4.79 Å². The van der Waals surface area contributed by atoms with Gasteiger partial charge in [0.15, 0.2) is 17.5 Å². The van der Waals surface area contributed by atoms with Gasteiger partial charge >= 0.3 is 6.09 Å². The summed E-state index contributed by atoms with van der Waals surface area (Å²) in [6.45, 7) is 1.32. The van der Waals surface area contributed by atoms with E-state index in [1.807, 2.05) is 0 Å². The molecule has 0 bridgehead atoms. The number of hydrogen-bond donors (Lipinski definition) is 3. The van der Waals surface area contributed by atoms with Crippen LogP contribution in [0.15, 0.2) is 42.9 Å². The van der Waals surface area contributed by atoms with Gasteiger partial charge in [-0.1, -0.05) is 0 Å². The van der Waals surface area contributed by atoms with Gasteiger partial charge in [0.1, 0.15) is 11.8 Å². The number of halogens is 2. The molecule has 1 aromatic heterocycles. The van der Waals surface area contributed by atoms with Crippen molar-refractivity contribution in [3.63, 3.8) is 0 Å². The van der Waals surface area contributed by atoms with Gasteiger partial charge in [-0.3, -0.25) is 9.74 Å². The molecule has 2 saturated heterocycles. The summed E-state index contributed by atoms with van der Waals surface area (Å²) in [5.41, 5.74) is 11.3. The Morgan fingerprint density at radius 2 is 1.97 bits per heavy atom. The number of pyridine rings is 1.